The Morgan fingerprint density at radius 3 is 2.06 bits per heavy atom. The number of ether oxygens (including phenoxy) is 3. The van der Waals surface area contributed by atoms with E-state index in [1.165, 1.54) is 6.42 Å². The number of esters is 2. The molecule has 1 fully saturated rings. The molecule has 0 aromatic heterocycles. The van der Waals surface area contributed by atoms with Crippen molar-refractivity contribution < 1.29 is 28.6 Å². The summed E-state index contributed by atoms with van der Waals surface area (Å²) in [5.74, 6) is 1.12. The lowest BCUT2D eigenvalue weighted by atomic mass is 9.72. The monoisotopic (exact) mass is 505 g/mol. The van der Waals surface area contributed by atoms with Crippen LogP contribution in [0, 0.1) is 11.3 Å². The third-order valence-corrected chi connectivity index (χ3v) is 8.18. The molecule has 1 N–H and O–H groups in total. The van der Waals surface area contributed by atoms with Gasteiger partial charge in [0.15, 0.2) is 0 Å². The molecule has 0 atom stereocenters. The molecule has 1 aliphatic rings. The van der Waals surface area contributed by atoms with Crippen molar-refractivity contribution in [2.24, 2.45) is 11.3 Å². The van der Waals surface area contributed by atoms with Gasteiger partial charge in [-0.3, -0.25) is 9.59 Å². The quantitative estimate of drug-likeness (QED) is 0.115. The smallest absolute Gasteiger partial charge is 0.407 e. The van der Waals surface area contributed by atoms with Gasteiger partial charge in [0.1, 0.15) is 13.2 Å². The van der Waals surface area contributed by atoms with Crippen LogP contribution in [0.4, 0.5) is 4.79 Å². The second kappa shape index (κ2) is 18.3. The van der Waals surface area contributed by atoms with E-state index in [0.717, 1.165) is 51.4 Å². The molecule has 33 heavy (non-hydrogen) atoms. The number of nitrogens with one attached hydrogen (secondary N) is 1. The Hall–Kier alpha value is -1.09. The second-order valence-electron chi connectivity index (χ2n) is 8.62. The van der Waals surface area contributed by atoms with Gasteiger partial charge in [0.05, 0.1) is 18.9 Å². The number of carbonyl (C=O) groups is 3. The van der Waals surface area contributed by atoms with Gasteiger partial charge in [-0.25, -0.2) is 4.79 Å². The highest BCUT2D eigenvalue weighted by atomic mass is 33.1. The molecule has 0 saturated heterocycles. The van der Waals surface area contributed by atoms with Gasteiger partial charge in [-0.2, -0.15) is 0 Å². The average Bonchev–Trinajstić information content (AvgIpc) is 2.80. The highest BCUT2D eigenvalue weighted by molar-refractivity contribution is 8.76. The summed E-state index contributed by atoms with van der Waals surface area (Å²) >= 11 is 0. The first-order chi connectivity index (χ1) is 16.0. The SMILES string of the molecule is CCCC(CCC)C(=O)OCCSSCCOC(=O)NCC1(CC(=O)OCC)CCCCC1. The summed E-state index contributed by atoms with van der Waals surface area (Å²) in [6.07, 6.45) is 8.79. The van der Waals surface area contributed by atoms with E-state index in [-0.39, 0.29) is 23.3 Å². The Balaban J connectivity index is 2.15. The molecule has 9 heteroatoms. The molecule has 0 heterocycles. The number of alkyl carbamates (subject to hydrolysis) is 1. The van der Waals surface area contributed by atoms with Crippen molar-refractivity contribution in [3.8, 4) is 0 Å². The molecule has 0 aromatic carbocycles. The minimum Gasteiger partial charge on any atom is -0.466 e. The highest BCUT2D eigenvalue weighted by Crippen LogP contribution is 2.39. The predicted molar refractivity (Wildman–Crippen MR) is 135 cm³/mol. The number of rotatable bonds is 17. The van der Waals surface area contributed by atoms with Crippen LogP contribution in [0.5, 0.6) is 0 Å². The van der Waals surface area contributed by atoms with Gasteiger partial charge in [-0.15, -0.1) is 0 Å². The maximum absolute atomic E-state index is 12.1. The normalized spacial score (nSPS) is 15.2. The third kappa shape index (κ3) is 13.4. The van der Waals surface area contributed by atoms with Crippen molar-refractivity contribution in [1.82, 2.24) is 5.32 Å². The topological polar surface area (TPSA) is 90.9 Å². The standard InChI is InChI=1S/C24H43NO6S2/c1-4-10-20(11-5-2)22(27)30-14-16-32-33-17-15-31-23(28)25-19-24(12-8-7-9-13-24)18-21(26)29-6-3/h20H,4-19H2,1-3H3,(H,25,28). The van der Waals surface area contributed by atoms with Gasteiger partial charge in [0.25, 0.3) is 0 Å². The fraction of sp³-hybridized carbons (Fsp3) is 0.875. The van der Waals surface area contributed by atoms with Gasteiger partial charge in [0.2, 0.25) is 0 Å². The van der Waals surface area contributed by atoms with E-state index in [9.17, 15) is 14.4 Å². The van der Waals surface area contributed by atoms with Gasteiger partial charge in [0, 0.05) is 18.1 Å². The van der Waals surface area contributed by atoms with Crippen molar-refractivity contribution in [3.63, 3.8) is 0 Å². The second-order valence-corrected chi connectivity index (χ2v) is 11.3. The Bertz CT molecular complexity index is 563. The van der Waals surface area contributed by atoms with Crippen molar-refractivity contribution in [1.29, 1.82) is 0 Å². The summed E-state index contributed by atoms with van der Waals surface area (Å²) < 4.78 is 15.8. The lowest BCUT2D eigenvalue weighted by molar-refractivity contribution is -0.148. The van der Waals surface area contributed by atoms with Crippen LogP contribution in [-0.4, -0.2) is 55.9 Å². The fourth-order valence-corrected chi connectivity index (χ4v) is 5.86. The summed E-state index contributed by atoms with van der Waals surface area (Å²) in [6.45, 7) is 7.51. The van der Waals surface area contributed by atoms with Crippen LogP contribution in [0.1, 0.15) is 85.0 Å². The minimum atomic E-state index is -0.443. The molecule has 0 bridgehead atoms. The molecule has 0 unspecified atom stereocenters. The predicted octanol–water partition coefficient (Wildman–Crippen LogP) is 5.76. The van der Waals surface area contributed by atoms with E-state index in [0.29, 0.717) is 44.3 Å². The van der Waals surface area contributed by atoms with Gasteiger partial charge in [-0.05, 0) is 38.0 Å². The van der Waals surface area contributed by atoms with Gasteiger partial charge >= 0.3 is 18.0 Å². The molecule has 0 spiro atoms. The van der Waals surface area contributed by atoms with Crippen LogP contribution >= 0.6 is 21.6 Å². The first kappa shape index (κ1) is 29.9. The molecule has 0 aliphatic heterocycles. The Labute approximate surface area is 207 Å². The van der Waals surface area contributed by atoms with Crippen molar-refractivity contribution >= 4 is 39.6 Å². The molecular weight excluding hydrogens is 462 g/mol. The molecule has 7 nitrogen and oxygen atoms in total. The molecule has 0 radical (unpaired) electrons. The summed E-state index contributed by atoms with van der Waals surface area (Å²) in [5, 5.41) is 2.85. The zero-order chi connectivity index (χ0) is 24.4. The van der Waals surface area contributed by atoms with Crippen molar-refractivity contribution in [2.45, 2.75) is 85.0 Å². The molecular formula is C24H43NO6S2. The summed E-state index contributed by atoms with van der Waals surface area (Å²) in [5.41, 5.74) is -0.223. The van der Waals surface area contributed by atoms with Gasteiger partial charge in [-0.1, -0.05) is 67.5 Å². The molecule has 1 aliphatic carbocycles. The van der Waals surface area contributed by atoms with Crippen LogP contribution in [0.3, 0.4) is 0 Å². The molecule has 192 valence electrons. The van der Waals surface area contributed by atoms with E-state index in [1.54, 1.807) is 28.5 Å². The Morgan fingerprint density at radius 1 is 0.879 bits per heavy atom. The fourth-order valence-electron chi connectivity index (χ4n) is 4.20. The van der Waals surface area contributed by atoms with Crippen LogP contribution in [0.15, 0.2) is 0 Å². The van der Waals surface area contributed by atoms with Crippen LogP contribution in [-0.2, 0) is 23.8 Å². The third-order valence-electron chi connectivity index (χ3n) is 5.85. The molecule has 0 aromatic rings. The van der Waals surface area contributed by atoms with E-state index >= 15 is 0 Å². The number of amides is 1. The largest absolute Gasteiger partial charge is 0.466 e. The lowest BCUT2D eigenvalue weighted by Crippen LogP contribution is -2.41. The number of hydrogen-bond acceptors (Lipinski definition) is 8. The summed E-state index contributed by atoms with van der Waals surface area (Å²) in [6, 6.07) is 0. The zero-order valence-corrected chi connectivity index (χ0v) is 22.3. The average molecular weight is 506 g/mol. The van der Waals surface area contributed by atoms with Crippen molar-refractivity contribution in [2.75, 3.05) is 37.9 Å². The lowest BCUT2D eigenvalue weighted by Gasteiger charge is -2.36. The van der Waals surface area contributed by atoms with E-state index in [4.69, 9.17) is 14.2 Å². The molecule has 1 rings (SSSR count). The number of carbonyl (C=O) groups excluding carboxylic acids is 3. The number of hydrogen-bond donors (Lipinski definition) is 1. The Morgan fingerprint density at radius 2 is 1.48 bits per heavy atom. The maximum atomic E-state index is 12.1. The van der Waals surface area contributed by atoms with E-state index in [1.807, 2.05) is 0 Å². The maximum Gasteiger partial charge on any atom is 0.407 e. The minimum absolute atomic E-state index is 0.0228. The Kier molecular flexibility index (Phi) is 16.6. The van der Waals surface area contributed by atoms with Gasteiger partial charge < -0.3 is 19.5 Å². The first-order valence-electron chi connectivity index (χ1n) is 12.4. The first-order valence-corrected chi connectivity index (χ1v) is 14.9. The van der Waals surface area contributed by atoms with Crippen LogP contribution < -0.4 is 5.32 Å². The molecule has 1 amide bonds. The van der Waals surface area contributed by atoms with E-state index < -0.39 is 6.09 Å². The zero-order valence-electron chi connectivity index (χ0n) is 20.7. The highest BCUT2D eigenvalue weighted by Gasteiger charge is 2.35. The van der Waals surface area contributed by atoms with Crippen LogP contribution in [0.25, 0.3) is 0 Å². The summed E-state index contributed by atoms with van der Waals surface area (Å²) in [7, 11) is 3.20. The molecule has 1 saturated carbocycles. The van der Waals surface area contributed by atoms with Crippen molar-refractivity contribution in [3.05, 3.63) is 0 Å². The van der Waals surface area contributed by atoms with Crippen LogP contribution in [0.2, 0.25) is 0 Å². The summed E-state index contributed by atoms with van der Waals surface area (Å²) in [4.78, 5) is 36.2. The van der Waals surface area contributed by atoms with E-state index in [2.05, 4.69) is 19.2 Å².